The van der Waals surface area contributed by atoms with Gasteiger partial charge in [0, 0.05) is 5.38 Å². The molecule has 0 fully saturated rings. The summed E-state index contributed by atoms with van der Waals surface area (Å²) >= 11 is 1.54. The first kappa shape index (κ1) is 6.19. The highest BCUT2D eigenvalue weighted by atomic mass is 32.1. The van der Waals surface area contributed by atoms with E-state index in [0.717, 1.165) is 10.7 Å². The Hall–Kier alpha value is -1.36. The van der Waals surface area contributed by atoms with Crippen molar-refractivity contribution in [1.82, 2.24) is 14.7 Å². The maximum absolute atomic E-state index is 11.3. The molecule has 0 saturated carbocycles. The summed E-state index contributed by atoms with van der Waals surface area (Å²) in [5.74, 6) is 0.910. The van der Waals surface area contributed by atoms with Gasteiger partial charge in [-0.05, 0) is 0 Å². The molecule has 12 heavy (non-hydrogen) atoms. The molecule has 60 valence electrons. The van der Waals surface area contributed by atoms with Crippen LogP contribution in [0.5, 0.6) is 0 Å². The molecule has 4 nitrogen and oxygen atoms in total. The molecule has 2 aromatic heterocycles. The van der Waals surface area contributed by atoms with Crippen LogP contribution in [-0.4, -0.2) is 15.3 Å². The van der Waals surface area contributed by atoms with Gasteiger partial charge in [-0.25, -0.2) is 4.98 Å². The van der Waals surface area contributed by atoms with Crippen LogP contribution in [0.4, 0.5) is 0 Å². The zero-order chi connectivity index (χ0) is 8.13. The zero-order valence-electron chi connectivity index (χ0n) is 6.07. The lowest BCUT2D eigenvalue weighted by Crippen LogP contribution is -2.30. The van der Waals surface area contributed by atoms with Crippen molar-refractivity contribution in [1.29, 1.82) is 0 Å². The minimum absolute atomic E-state index is 0.00764. The monoisotopic (exact) mass is 179 g/mol. The third-order valence-electron chi connectivity index (χ3n) is 1.97. The molecule has 0 saturated heterocycles. The largest absolute Gasteiger partial charge is 0.343 e. The molecule has 1 aliphatic heterocycles. The van der Waals surface area contributed by atoms with Crippen LogP contribution in [0.25, 0.3) is 4.83 Å². The third kappa shape index (κ3) is 0.574. The molecule has 1 aliphatic rings. The van der Waals surface area contributed by atoms with Crippen LogP contribution in [-0.2, 0) is 6.54 Å². The fourth-order valence-corrected chi connectivity index (χ4v) is 2.28. The lowest BCUT2D eigenvalue weighted by Gasteiger charge is -2.10. The molecule has 0 bridgehead atoms. The van der Waals surface area contributed by atoms with Gasteiger partial charge in [0.2, 0.25) is 0 Å². The van der Waals surface area contributed by atoms with Crippen molar-refractivity contribution in [2.45, 2.75) is 6.54 Å². The molecular formula is C7H5N3OS. The summed E-state index contributed by atoms with van der Waals surface area (Å²) in [5, 5.41) is 4.61. The average molecular weight is 179 g/mol. The number of carbonyl (C=O) groups excluding carboxylic acids is 1. The number of amides is 1. The number of nitrogens with one attached hydrogen (secondary N) is 1. The van der Waals surface area contributed by atoms with Gasteiger partial charge >= 0.3 is 0 Å². The number of nitrogens with zero attached hydrogens (tertiary/aromatic N) is 2. The molecule has 0 unspecified atom stereocenters. The zero-order valence-corrected chi connectivity index (χ0v) is 6.89. The number of aromatic nitrogens is 2. The van der Waals surface area contributed by atoms with E-state index in [9.17, 15) is 4.79 Å². The van der Waals surface area contributed by atoms with Gasteiger partial charge < -0.3 is 5.32 Å². The fourth-order valence-electron chi connectivity index (χ4n) is 1.41. The molecule has 2 aromatic rings. The first-order valence-electron chi connectivity index (χ1n) is 3.58. The second kappa shape index (κ2) is 1.87. The Kier molecular flexibility index (Phi) is 0.962. The molecular weight excluding hydrogens is 174 g/mol. The van der Waals surface area contributed by atoms with Crippen molar-refractivity contribution in [3.05, 3.63) is 23.1 Å². The predicted molar refractivity (Wildman–Crippen MR) is 44.2 cm³/mol. The van der Waals surface area contributed by atoms with Crippen molar-refractivity contribution < 1.29 is 4.79 Å². The molecule has 5 heteroatoms. The first-order valence-corrected chi connectivity index (χ1v) is 4.46. The van der Waals surface area contributed by atoms with Gasteiger partial charge in [0.25, 0.3) is 5.91 Å². The Morgan fingerprint density at radius 2 is 2.58 bits per heavy atom. The lowest BCUT2D eigenvalue weighted by molar-refractivity contribution is 0.0935. The van der Waals surface area contributed by atoms with Crippen molar-refractivity contribution >= 4 is 22.1 Å². The Bertz CT molecular complexity index is 470. The van der Waals surface area contributed by atoms with Crippen LogP contribution in [0.2, 0.25) is 0 Å². The van der Waals surface area contributed by atoms with Crippen molar-refractivity contribution in [2.24, 2.45) is 0 Å². The number of hydrogen-bond donors (Lipinski definition) is 1. The van der Waals surface area contributed by atoms with Gasteiger partial charge in [0.15, 0.2) is 0 Å². The Balaban J connectivity index is 2.52. The highest BCUT2D eigenvalue weighted by Crippen LogP contribution is 2.20. The third-order valence-corrected chi connectivity index (χ3v) is 2.85. The van der Waals surface area contributed by atoms with Crippen LogP contribution in [0, 0.1) is 0 Å². The van der Waals surface area contributed by atoms with E-state index < -0.39 is 0 Å². The second-order valence-corrected chi connectivity index (χ2v) is 3.54. The predicted octanol–water partition coefficient (Wildman–Crippen LogP) is 0.639. The van der Waals surface area contributed by atoms with E-state index in [-0.39, 0.29) is 5.91 Å². The Morgan fingerprint density at radius 3 is 3.50 bits per heavy atom. The standard InChI is InChI=1S/C7H5N3OS/c11-7-4-3-12-6-2-8-5(1-9-7)10(4)6/h2-3H,1H2,(H,9,11). The summed E-state index contributed by atoms with van der Waals surface area (Å²) in [6, 6.07) is 0. The first-order chi connectivity index (χ1) is 5.86. The van der Waals surface area contributed by atoms with Gasteiger partial charge in [0.1, 0.15) is 16.3 Å². The van der Waals surface area contributed by atoms with E-state index in [0.29, 0.717) is 12.2 Å². The summed E-state index contributed by atoms with van der Waals surface area (Å²) < 4.78 is 1.91. The minimum Gasteiger partial charge on any atom is -0.343 e. The topological polar surface area (TPSA) is 46.4 Å². The Labute approximate surface area is 71.8 Å². The Morgan fingerprint density at radius 1 is 1.67 bits per heavy atom. The summed E-state index contributed by atoms with van der Waals surface area (Å²) in [6.07, 6.45) is 1.80. The van der Waals surface area contributed by atoms with E-state index in [4.69, 9.17) is 0 Å². The number of rotatable bonds is 0. The molecule has 3 heterocycles. The molecule has 0 spiro atoms. The van der Waals surface area contributed by atoms with Crippen molar-refractivity contribution in [3.8, 4) is 0 Å². The highest BCUT2D eigenvalue weighted by molar-refractivity contribution is 7.15. The number of hydrogen-bond acceptors (Lipinski definition) is 3. The van der Waals surface area contributed by atoms with Crippen molar-refractivity contribution in [3.63, 3.8) is 0 Å². The number of carbonyl (C=O) groups is 1. The van der Waals surface area contributed by atoms with E-state index in [1.807, 2.05) is 9.78 Å². The molecule has 0 aromatic carbocycles. The molecule has 1 amide bonds. The van der Waals surface area contributed by atoms with Gasteiger partial charge in [-0.3, -0.25) is 9.20 Å². The lowest BCUT2D eigenvalue weighted by atomic mass is 10.3. The summed E-state index contributed by atoms with van der Waals surface area (Å²) in [7, 11) is 0. The van der Waals surface area contributed by atoms with E-state index >= 15 is 0 Å². The molecule has 0 aliphatic carbocycles. The summed E-state index contributed by atoms with van der Waals surface area (Å²) in [6.45, 7) is 0.538. The molecule has 0 atom stereocenters. The SMILES string of the molecule is O=C1NCc2ncc3scc1n23. The van der Waals surface area contributed by atoms with E-state index in [2.05, 4.69) is 10.3 Å². The summed E-state index contributed by atoms with van der Waals surface area (Å²) in [4.78, 5) is 16.5. The second-order valence-electron chi connectivity index (χ2n) is 2.65. The highest BCUT2D eigenvalue weighted by Gasteiger charge is 2.20. The van der Waals surface area contributed by atoms with Crippen LogP contribution in [0.1, 0.15) is 16.3 Å². The van der Waals surface area contributed by atoms with Crippen LogP contribution in [0.3, 0.4) is 0 Å². The molecule has 0 radical (unpaired) electrons. The van der Waals surface area contributed by atoms with Gasteiger partial charge in [-0.1, -0.05) is 0 Å². The number of thiazole rings is 1. The van der Waals surface area contributed by atoms with Crippen LogP contribution >= 0.6 is 11.3 Å². The van der Waals surface area contributed by atoms with E-state index in [1.165, 1.54) is 0 Å². The maximum Gasteiger partial charge on any atom is 0.269 e. The number of imidazole rings is 1. The van der Waals surface area contributed by atoms with Crippen LogP contribution < -0.4 is 5.32 Å². The smallest absolute Gasteiger partial charge is 0.269 e. The fraction of sp³-hybridized carbons (Fsp3) is 0.143. The summed E-state index contributed by atoms with van der Waals surface area (Å²) in [5.41, 5.74) is 0.703. The van der Waals surface area contributed by atoms with Crippen molar-refractivity contribution in [2.75, 3.05) is 0 Å². The van der Waals surface area contributed by atoms with E-state index in [1.54, 1.807) is 17.5 Å². The normalized spacial score (nSPS) is 15.2. The molecule has 1 N–H and O–H groups in total. The average Bonchev–Trinajstić information content (AvgIpc) is 2.61. The van der Waals surface area contributed by atoms with Gasteiger partial charge in [0.05, 0.1) is 12.7 Å². The minimum atomic E-state index is -0.00764. The van der Waals surface area contributed by atoms with Gasteiger partial charge in [-0.15, -0.1) is 11.3 Å². The van der Waals surface area contributed by atoms with Gasteiger partial charge in [-0.2, -0.15) is 0 Å². The van der Waals surface area contributed by atoms with Crippen LogP contribution in [0.15, 0.2) is 11.6 Å². The molecule has 3 rings (SSSR count). The maximum atomic E-state index is 11.3. The quantitative estimate of drug-likeness (QED) is 0.645.